The van der Waals surface area contributed by atoms with Gasteiger partial charge in [-0.15, -0.1) is 0 Å². The van der Waals surface area contributed by atoms with Crippen LogP contribution in [0.4, 0.5) is 0 Å². The molecule has 0 aromatic heterocycles. The molecular weight excluding hydrogens is 688 g/mol. The van der Waals surface area contributed by atoms with Crippen LogP contribution in [0.25, 0.3) is 0 Å². The average molecular weight is 755 g/mol. The van der Waals surface area contributed by atoms with Gasteiger partial charge in [-0.2, -0.15) is 0 Å². The topological polar surface area (TPSA) is 216 Å². The first kappa shape index (κ1) is 41.4. The molecule has 0 radical (unpaired) electrons. The Labute approximate surface area is 313 Å². The smallest absolute Gasteiger partial charge is 0.310 e. The van der Waals surface area contributed by atoms with Gasteiger partial charge >= 0.3 is 5.97 Å². The highest BCUT2D eigenvalue weighted by Crippen LogP contribution is 2.71. The van der Waals surface area contributed by atoms with Crippen molar-refractivity contribution in [3.8, 4) is 0 Å². The van der Waals surface area contributed by atoms with Gasteiger partial charge in [0.15, 0.2) is 12.6 Å². The first-order valence-corrected chi connectivity index (χ1v) is 20.0. The summed E-state index contributed by atoms with van der Waals surface area (Å²) in [6.07, 6.45) is -1.65. The van der Waals surface area contributed by atoms with E-state index >= 15 is 0 Å². The number of fused-ring (bicyclic) bond motifs is 4. The lowest BCUT2D eigenvalue weighted by Crippen LogP contribution is -2.56. The van der Waals surface area contributed by atoms with E-state index < -0.39 is 77.7 Å². The summed E-state index contributed by atoms with van der Waals surface area (Å²) in [4.78, 5) is 13.8. The second kappa shape index (κ2) is 15.3. The molecule has 6 aliphatic rings. The maximum absolute atomic E-state index is 13.8. The van der Waals surface area contributed by atoms with Crippen molar-refractivity contribution in [3.05, 3.63) is 11.6 Å². The molecular formula is C40H66O13. The molecule has 0 amide bonds. The largest absolute Gasteiger partial charge is 0.481 e. The fourth-order valence-electron chi connectivity index (χ4n) is 12.0. The highest BCUT2D eigenvalue weighted by Gasteiger charge is 2.68. The molecule has 5 fully saturated rings. The zero-order valence-electron chi connectivity index (χ0n) is 32.3. The Kier molecular flexibility index (Phi) is 11.9. The molecule has 17 atom stereocenters. The van der Waals surface area contributed by atoms with Crippen LogP contribution in [0.5, 0.6) is 0 Å². The van der Waals surface area contributed by atoms with Crippen LogP contribution in [-0.2, 0) is 23.7 Å². The molecule has 0 spiro atoms. The number of rotatable bonds is 10. The molecule has 304 valence electrons. The lowest BCUT2D eigenvalue weighted by Gasteiger charge is -2.55. The Balaban J connectivity index is 1.16. The first-order valence-electron chi connectivity index (χ1n) is 20.0. The van der Waals surface area contributed by atoms with E-state index in [0.717, 1.165) is 38.5 Å². The van der Waals surface area contributed by atoms with E-state index in [1.165, 1.54) is 5.57 Å². The predicted octanol–water partition coefficient (Wildman–Crippen LogP) is 2.49. The summed E-state index contributed by atoms with van der Waals surface area (Å²) in [6, 6.07) is 0. The zero-order valence-corrected chi connectivity index (χ0v) is 32.3. The summed E-state index contributed by atoms with van der Waals surface area (Å²) >= 11 is 0. The molecule has 2 saturated heterocycles. The normalized spacial score (nSPS) is 47.0. The summed E-state index contributed by atoms with van der Waals surface area (Å²) in [6.45, 7) is 11.7. The van der Waals surface area contributed by atoms with Gasteiger partial charge in [-0.05, 0) is 118 Å². The Hall–Kier alpha value is -1.23. The van der Waals surface area contributed by atoms with Gasteiger partial charge in [0.2, 0.25) is 0 Å². The van der Waals surface area contributed by atoms with Gasteiger partial charge in [-0.3, -0.25) is 4.79 Å². The van der Waals surface area contributed by atoms with Crippen LogP contribution in [0.1, 0.15) is 106 Å². The summed E-state index contributed by atoms with van der Waals surface area (Å²) in [5.41, 5.74) is -1.57. The van der Waals surface area contributed by atoms with Crippen LogP contribution in [0.2, 0.25) is 0 Å². The maximum atomic E-state index is 13.8. The third kappa shape index (κ3) is 7.28. The Morgan fingerprint density at radius 2 is 1.51 bits per heavy atom. The van der Waals surface area contributed by atoms with Crippen LogP contribution in [0, 0.1) is 45.8 Å². The van der Waals surface area contributed by atoms with Crippen molar-refractivity contribution in [1.82, 2.24) is 0 Å². The molecule has 4 aliphatic carbocycles. The minimum absolute atomic E-state index is 0.0110. The van der Waals surface area contributed by atoms with Gasteiger partial charge in [0.25, 0.3) is 0 Å². The second-order valence-electron chi connectivity index (χ2n) is 18.9. The van der Waals surface area contributed by atoms with Crippen molar-refractivity contribution in [2.45, 2.75) is 173 Å². The lowest BCUT2D eigenvalue weighted by molar-refractivity contribution is -0.297. The van der Waals surface area contributed by atoms with Crippen LogP contribution in [0.3, 0.4) is 0 Å². The number of hydrogen-bond donors (Lipinski definition) is 8. The van der Waals surface area contributed by atoms with Gasteiger partial charge in [-0.1, -0.05) is 39.3 Å². The molecule has 0 unspecified atom stereocenters. The number of carboxylic acid groups (broad SMARTS) is 1. The first-order chi connectivity index (χ1) is 24.7. The summed E-state index contributed by atoms with van der Waals surface area (Å²) < 4.78 is 23.5. The van der Waals surface area contributed by atoms with Gasteiger partial charge in [0, 0.05) is 0 Å². The van der Waals surface area contributed by atoms with E-state index in [2.05, 4.69) is 33.8 Å². The zero-order chi connectivity index (χ0) is 38.8. The number of aliphatic hydroxyl groups is 7. The number of aliphatic carboxylic acids is 1. The number of ether oxygens (including phenoxy) is 4. The molecule has 0 aromatic carbocycles. The number of carboxylic acids is 1. The fourth-order valence-corrected chi connectivity index (χ4v) is 12.0. The molecule has 3 saturated carbocycles. The molecule has 0 bridgehead atoms. The second-order valence-corrected chi connectivity index (χ2v) is 18.9. The number of allylic oxidation sites excluding steroid dienone is 1. The van der Waals surface area contributed by atoms with E-state index in [1.54, 1.807) is 13.8 Å². The molecule has 8 N–H and O–H groups in total. The standard InChI is InChI=1S/C40H66O13/c1-20(7-11-29(38(4,5)49)53-35-33(46)31(44)27(42)19-51-35)23-14-16-40(36(47)48)25-10-9-24-21(17-22(25)13-15-39(23,40)6)8-12-28(37(24,2)3)52-34-32(45)30(43)26(41)18-50-34/h8,20,22-35,41-46,49H,7,9-19H2,1-6H3,(H,47,48)/t20-,22-,23-,24+,25-,26+,27+,28-,29+,30+,31+,32-,33-,34+,35+,39-,40+/m1/s1. The van der Waals surface area contributed by atoms with E-state index in [-0.39, 0.29) is 54.3 Å². The third-order valence-electron chi connectivity index (χ3n) is 15.2. The van der Waals surface area contributed by atoms with Crippen LogP contribution in [0.15, 0.2) is 11.6 Å². The van der Waals surface area contributed by atoms with Crippen molar-refractivity contribution in [2.24, 2.45) is 45.8 Å². The number of carbonyl (C=O) groups is 1. The average Bonchev–Trinajstić information content (AvgIpc) is 3.27. The van der Waals surface area contributed by atoms with Gasteiger partial charge in [0.1, 0.15) is 36.6 Å². The summed E-state index contributed by atoms with van der Waals surface area (Å²) in [5, 5.41) is 83.6. The molecule has 53 heavy (non-hydrogen) atoms. The fraction of sp³-hybridized carbons (Fsp3) is 0.925. The molecule has 13 heteroatoms. The highest BCUT2D eigenvalue weighted by molar-refractivity contribution is 5.77. The summed E-state index contributed by atoms with van der Waals surface area (Å²) in [7, 11) is 0. The Morgan fingerprint density at radius 1 is 0.887 bits per heavy atom. The maximum Gasteiger partial charge on any atom is 0.310 e. The van der Waals surface area contributed by atoms with Crippen molar-refractivity contribution >= 4 is 5.97 Å². The van der Waals surface area contributed by atoms with E-state index in [9.17, 15) is 45.6 Å². The van der Waals surface area contributed by atoms with Crippen LogP contribution >= 0.6 is 0 Å². The number of hydrogen-bond acceptors (Lipinski definition) is 12. The Bertz CT molecular complexity index is 1330. The Morgan fingerprint density at radius 3 is 2.13 bits per heavy atom. The van der Waals surface area contributed by atoms with Crippen molar-refractivity contribution in [2.75, 3.05) is 13.2 Å². The summed E-state index contributed by atoms with van der Waals surface area (Å²) in [5.74, 6) is -0.00883. The minimum atomic E-state index is -1.47. The van der Waals surface area contributed by atoms with Gasteiger partial charge in [-0.25, -0.2) is 0 Å². The highest BCUT2D eigenvalue weighted by atomic mass is 16.7. The van der Waals surface area contributed by atoms with E-state index in [0.29, 0.717) is 25.7 Å². The van der Waals surface area contributed by atoms with Crippen LogP contribution in [-0.4, -0.2) is 127 Å². The number of aliphatic hydroxyl groups excluding tert-OH is 6. The van der Waals surface area contributed by atoms with Gasteiger partial charge in [0.05, 0.1) is 36.4 Å². The van der Waals surface area contributed by atoms with Crippen molar-refractivity contribution < 1.29 is 64.6 Å². The predicted molar refractivity (Wildman–Crippen MR) is 191 cm³/mol. The molecule has 0 aromatic rings. The van der Waals surface area contributed by atoms with E-state index in [1.807, 2.05) is 0 Å². The SMILES string of the molecule is C[C@H](CC[C@H](O[C@@H]1OC[C@H](O)[C@H](O)[C@H]1O)C(C)(C)O)[C@H]1CC[C@@]2(C(=O)O)[C@@H]3CC[C@H]4C(=CC[C@@H](O[C@@H]5OC[C@H](O)[C@H](O)[C@H]5O)C4(C)C)C[C@H]3CC[C@]12C. The molecule has 13 nitrogen and oxygen atoms in total. The van der Waals surface area contributed by atoms with Crippen molar-refractivity contribution in [3.63, 3.8) is 0 Å². The third-order valence-corrected chi connectivity index (χ3v) is 15.2. The van der Waals surface area contributed by atoms with E-state index in [4.69, 9.17) is 18.9 Å². The monoisotopic (exact) mass is 754 g/mol. The molecule has 2 aliphatic heterocycles. The molecule has 6 rings (SSSR count). The lowest BCUT2D eigenvalue weighted by atomic mass is 9.47. The van der Waals surface area contributed by atoms with Crippen LogP contribution < -0.4 is 0 Å². The minimum Gasteiger partial charge on any atom is -0.481 e. The van der Waals surface area contributed by atoms with Gasteiger partial charge < -0.3 is 59.8 Å². The quantitative estimate of drug-likeness (QED) is 0.151. The van der Waals surface area contributed by atoms with Crippen molar-refractivity contribution in [1.29, 1.82) is 0 Å². The molecule has 2 heterocycles.